The smallest absolute Gasteiger partial charge is 0.0748 e. The lowest BCUT2D eigenvalue weighted by molar-refractivity contribution is 0.121. The second-order valence-electron chi connectivity index (χ2n) is 4.36. The summed E-state index contributed by atoms with van der Waals surface area (Å²) in [7, 11) is 0. The van der Waals surface area contributed by atoms with Crippen molar-refractivity contribution in [3.8, 4) is 0 Å². The van der Waals surface area contributed by atoms with Gasteiger partial charge in [-0.1, -0.05) is 12.1 Å². The minimum absolute atomic E-state index is 0.324. The van der Waals surface area contributed by atoms with E-state index in [1.54, 1.807) is 0 Å². The van der Waals surface area contributed by atoms with Gasteiger partial charge in [-0.2, -0.15) is 0 Å². The summed E-state index contributed by atoms with van der Waals surface area (Å²) in [5.41, 5.74) is 3.93. The van der Waals surface area contributed by atoms with Gasteiger partial charge >= 0.3 is 0 Å². The van der Waals surface area contributed by atoms with Gasteiger partial charge in [-0.15, -0.1) is 0 Å². The summed E-state index contributed by atoms with van der Waals surface area (Å²) in [6.45, 7) is 7.33. The molecule has 1 aliphatic heterocycles. The Kier molecular flexibility index (Phi) is 2.96. The Morgan fingerprint density at radius 3 is 2.80 bits per heavy atom. The second-order valence-corrected chi connectivity index (χ2v) is 4.36. The molecule has 2 heteroatoms. The third-order valence-corrected chi connectivity index (χ3v) is 3.32. The number of nitrogens with one attached hydrogen (secondary N) is 1. The lowest BCUT2D eigenvalue weighted by atomic mass is 10.1. The summed E-state index contributed by atoms with van der Waals surface area (Å²) >= 11 is 0. The molecule has 0 amide bonds. The molecule has 1 aromatic carbocycles. The van der Waals surface area contributed by atoms with Crippen LogP contribution in [0.4, 0.5) is 5.69 Å². The van der Waals surface area contributed by atoms with E-state index in [0.717, 1.165) is 13.0 Å². The minimum atomic E-state index is 0.324. The molecular weight excluding hydrogens is 186 g/mol. The molecule has 2 atom stereocenters. The Labute approximate surface area is 91.6 Å². The predicted molar refractivity (Wildman–Crippen MR) is 63.4 cm³/mol. The highest BCUT2D eigenvalue weighted by Gasteiger charge is 2.24. The number of ether oxygens (including phenoxy) is 1. The molecule has 0 aliphatic carbocycles. The van der Waals surface area contributed by atoms with Crippen molar-refractivity contribution in [3.63, 3.8) is 0 Å². The van der Waals surface area contributed by atoms with Crippen LogP contribution >= 0.6 is 0 Å². The van der Waals surface area contributed by atoms with Crippen LogP contribution in [0, 0.1) is 13.8 Å². The molecular formula is C13H19NO. The quantitative estimate of drug-likeness (QED) is 0.801. The van der Waals surface area contributed by atoms with E-state index >= 15 is 0 Å². The van der Waals surface area contributed by atoms with Crippen LogP contribution in [0.5, 0.6) is 0 Å². The Morgan fingerprint density at radius 2 is 2.13 bits per heavy atom. The standard InChI is InChI=1S/C13H19NO/c1-9-5-4-6-12(10(9)2)14-13-7-8-15-11(13)3/h4-6,11,13-14H,7-8H2,1-3H3/t11-,13-/m0/s1. The highest BCUT2D eigenvalue weighted by molar-refractivity contribution is 5.54. The van der Waals surface area contributed by atoms with Gasteiger partial charge in [0.15, 0.2) is 0 Å². The summed E-state index contributed by atoms with van der Waals surface area (Å²) < 4.78 is 5.55. The first-order chi connectivity index (χ1) is 7.18. The van der Waals surface area contributed by atoms with E-state index in [1.165, 1.54) is 16.8 Å². The lowest BCUT2D eigenvalue weighted by Gasteiger charge is -2.19. The van der Waals surface area contributed by atoms with Crippen molar-refractivity contribution < 1.29 is 4.74 Å². The number of anilines is 1. The van der Waals surface area contributed by atoms with Crippen molar-refractivity contribution in [3.05, 3.63) is 29.3 Å². The zero-order valence-electron chi connectivity index (χ0n) is 9.71. The maximum absolute atomic E-state index is 5.55. The van der Waals surface area contributed by atoms with Crippen molar-refractivity contribution in [1.29, 1.82) is 0 Å². The van der Waals surface area contributed by atoms with Gasteiger partial charge in [0.25, 0.3) is 0 Å². The minimum Gasteiger partial charge on any atom is -0.379 e. The van der Waals surface area contributed by atoms with Crippen molar-refractivity contribution in [1.82, 2.24) is 0 Å². The van der Waals surface area contributed by atoms with Crippen LogP contribution < -0.4 is 5.32 Å². The van der Waals surface area contributed by atoms with Crippen LogP contribution in [0.2, 0.25) is 0 Å². The number of hydrogen-bond acceptors (Lipinski definition) is 2. The van der Waals surface area contributed by atoms with Gasteiger partial charge in [0.05, 0.1) is 12.1 Å². The largest absolute Gasteiger partial charge is 0.379 e. The van der Waals surface area contributed by atoms with Gasteiger partial charge in [-0.3, -0.25) is 0 Å². The first kappa shape index (κ1) is 10.5. The maximum atomic E-state index is 5.55. The Morgan fingerprint density at radius 1 is 1.33 bits per heavy atom. The molecule has 0 radical (unpaired) electrons. The van der Waals surface area contributed by atoms with Crippen LogP contribution in [0.25, 0.3) is 0 Å². The fourth-order valence-corrected chi connectivity index (χ4v) is 2.03. The number of hydrogen-bond donors (Lipinski definition) is 1. The molecule has 0 saturated carbocycles. The first-order valence-corrected chi connectivity index (χ1v) is 5.63. The van der Waals surface area contributed by atoms with Gasteiger partial charge in [0, 0.05) is 12.3 Å². The topological polar surface area (TPSA) is 21.3 Å². The van der Waals surface area contributed by atoms with E-state index in [4.69, 9.17) is 4.74 Å². The fraction of sp³-hybridized carbons (Fsp3) is 0.538. The molecule has 2 rings (SSSR count). The summed E-state index contributed by atoms with van der Waals surface area (Å²) in [4.78, 5) is 0. The molecule has 1 N–H and O–H groups in total. The number of aryl methyl sites for hydroxylation is 1. The van der Waals surface area contributed by atoms with Gasteiger partial charge in [-0.05, 0) is 44.4 Å². The van der Waals surface area contributed by atoms with E-state index in [1.807, 2.05) is 0 Å². The SMILES string of the molecule is Cc1cccc(N[C@H]2CCO[C@H]2C)c1C. The molecule has 0 bridgehead atoms. The lowest BCUT2D eigenvalue weighted by Crippen LogP contribution is -2.27. The highest BCUT2D eigenvalue weighted by atomic mass is 16.5. The molecule has 1 saturated heterocycles. The molecule has 82 valence electrons. The van der Waals surface area contributed by atoms with Gasteiger partial charge in [-0.25, -0.2) is 0 Å². The van der Waals surface area contributed by atoms with Crippen LogP contribution in [0.3, 0.4) is 0 Å². The highest BCUT2D eigenvalue weighted by Crippen LogP contribution is 2.23. The second kappa shape index (κ2) is 4.23. The zero-order chi connectivity index (χ0) is 10.8. The molecule has 0 aromatic heterocycles. The average Bonchev–Trinajstić information content (AvgIpc) is 2.60. The van der Waals surface area contributed by atoms with Crippen molar-refractivity contribution in [2.75, 3.05) is 11.9 Å². The Balaban J connectivity index is 2.13. The monoisotopic (exact) mass is 205 g/mol. The van der Waals surface area contributed by atoms with Crippen LogP contribution in [0.1, 0.15) is 24.5 Å². The van der Waals surface area contributed by atoms with Gasteiger partial charge in [0.1, 0.15) is 0 Å². The summed E-state index contributed by atoms with van der Waals surface area (Å²) in [6, 6.07) is 6.86. The van der Waals surface area contributed by atoms with Crippen molar-refractivity contribution >= 4 is 5.69 Å². The molecule has 1 aliphatic rings. The third kappa shape index (κ3) is 2.15. The predicted octanol–water partition coefficient (Wildman–Crippen LogP) is 2.89. The van der Waals surface area contributed by atoms with Crippen LogP contribution in [0.15, 0.2) is 18.2 Å². The first-order valence-electron chi connectivity index (χ1n) is 5.63. The van der Waals surface area contributed by atoms with E-state index < -0.39 is 0 Å². The molecule has 0 spiro atoms. The normalized spacial score (nSPS) is 25.5. The van der Waals surface area contributed by atoms with Gasteiger partial charge in [0.2, 0.25) is 0 Å². The van der Waals surface area contributed by atoms with Gasteiger partial charge < -0.3 is 10.1 Å². The summed E-state index contributed by atoms with van der Waals surface area (Å²) in [5, 5.41) is 3.57. The third-order valence-electron chi connectivity index (χ3n) is 3.32. The molecule has 0 unspecified atom stereocenters. The zero-order valence-corrected chi connectivity index (χ0v) is 9.71. The maximum Gasteiger partial charge on any atom is 0.0748 e. The van der Waals surface area contributed by atoms with Crippen molar-refractivity contribution in [2.24, 2.45) is 0 Å². The van der Waals surface area contributed by atoms with E-state index in [9.17, 15) is 0 Å². The number of benzene rings is 1. The number of rotatable bonds is 2. The molecule has 1 fully saturated rings. The van der Waals surface area contributed by atoms with E-state index in [0.29, 0.717) is 12.1 Å². The van der Waals surface area contributed by atoms with E-state index in [2.05, 4.69) is 44.3 Å². The van der Waals surface area contributed by atoms with Crippen molar-refractivity contribution in [2.45, 2.75) is 39.3 Å². The average molecular weight is 205 g/mol. The molecule has 2 nitrogen and oxygen atoms in total. The molecule has 1 heterocycles. The van der Waals surface area contributed by atoms with Crippen LogP contribution in [-0.4, -0.2) is 18.8 Å². The fourth-order valence-electron chi connectivity index (χ4n) is 2.03. The molecule has 1 aromatic rings. The summed E-state index contributed by atoms with van der Waals surface area (Å²) in [5.74, 6) is 0. The van der Waals surface area contributed by atoms with E-state index in [-0.39, 0.29) is 0 Å². The summed E-state index contributed by atoms with van der Waals surface area (Å²) in [6.07, 6.45) is 1.43. The Bertz CT molecular complexity index is 348. The van der Waals surface area contributed by atoms with Crippen LogP contribution in [-0.2, 0) is 4.74 Å². The Hall–Kier alpha value is -1.02. The molecule has 15 heavy (non-hydrogen) atoms.